The lowest BCUT2D eigenvalue weighted by atomic mass is 10.4. The van der Waals surface area contributed by atoms with Crippen LogP contribution in [0.2, 0.25) is 0 Å². The highest BCUT2D eigenvalue weighted by molar-refractivity contribution is 5.76. The smallest absolute Gasteiger partial charge is 0.283 e. The molecule has 0 unspecified atom stereocenters. The van der Waals surface area contributed by atoms with E-state index >= 15 is 0 Å². The highest BCUT2D eigenvalue weighted by Gasteiger charge is 2.12. The highest BCUT2D eigenvalue weighted by atomic mass is 16.2. The van der Waals surface area contributed by atoms with E-state index in [0.29, 0.717) is 18.7 Å². The molecule has 0 saturated heterocycles. The molecule has 1 amide bonds. The Labute approximate surface area is 109 Å². The Morgan fingerprint density at radius 3 is 2.89 bits per heavy atom. The maximum Gasteiger partial charge on any atom is 0.283 e. The van der Waals surface area contributed by atoms with Crippen molar-refractivity contribution in [3.63, 3.8) is 0 Å². The zero-order valence-electron chi connectivity index (χ0n) is 11.0. The first-order valence-electron chi connectivity index (χ1n) is 6.22. The average Bonchev–Trinajstić information content (AvgIpc) is 2.83. The Morgan fingerprint density at radius 1 is 1.42 bits per heavy atom. The molecule has 0 aliphatic carbocycles. The minimum absolute atomic E-state index is 0.0548. The summed E-state index contributed by atoms with van der Waals surface area (Å²) in [5.41, 5.74) is 0.279. The second-order valence-corrected chi connectivity index (χ2v) is 4.10. The first-order valence-corrected chi connectivity index (χ1v) is 6.22. The van der Waals surface area contributed by atoms with Gasteiger partial charge in [0.2, 0.25) is 5.91 Å². The number of rotatable bonds is 5. The van der Waals surface area contributed by atoms with Gasteiger partial charge in [-0.25, -0.2) is 9.67 Å². The number of carbonyl (C=O) groups is 1. The normalized spacial score (nSPS) is 10.8. The van der Waals surface area contributed by atoms with E-state index in [1.165, 1.54) is 15.6 Å². The Balaban J connectivity index is 2.28. The number of aryl methyl sites for hydroxylation is 1. The first kappa shape index (κ1) is 13.2. The van der Waals surface area contributed by atoms with Crippen molar-refractivity contribution in [3.8, 4) is 0 Å². The van der Waals surface area contributed by atoms with Gasteiger partial charge in [0.1, 0.15) is 12.9 Å². The number of aromatic nitrogens is 5. The van der Waals surface area contributed by atoms with Gasteiger partial charge >= 0.3 is 0 Å². The Kier molecular flexibility index (Phi) is 3.88. The SMILES string of the molecule is CCCNC(=O)Cn1cnc2c(nnn2CC)c1=O. The van der Waals surface area contributed by atoms with Crippen molar-refractivity contribution in [1.82, 2.24) is 29.9 Å². The van der Waals surface area contributed by atoms with Gasteiger partial charge in [0.15, 0.2) is 11.2 Å². The molecule has 102 valence electrons. The van der Waals surface area contributed by atoms with E-state index in [1.54, 1.807) is 0 Å². The van der Waals surface area contributed by atoms with E-state index in [2.05, 4.69) is 20.6 Å². The Hall–Kier alpha value is -2.25. The van der Waals surface area contributed by atoms with E-state index in [0.717, 1.165) is 6.42 Å². The van der Waals surface area contributed by atoms with E-state index in [9.17, 15) is 9.59 Å². The number of carbonyl (C=O) groups excluding carboxylic acids is 1. The zero-order chi connectivity index (χ0) is 13.8. The molecule has 8 nitrogen and oxygen atoms in total. The second kappa shape index (κ2) is 5.59. The lowest BCUT2D eigenvalue weighted by Gasteiger charge is -2.05. The summed E-state index contributed by atoms with van der Waals surface area (Å²) in [4.78, 5) is 27.8. The number of nitrogens with one attached hydrogen (secondary N) is 1. The lowest BCUT2D eigenvalue weighted by molar-refractivity contribution is -0.121. The lowest BCUT2D eigenvalue weighted by Crippen LogP contribution is -2.32. The van der Waals surface area contributed by atoms with Crippen molar-refractivity contribution in [3.05, 3.63) is 16.7 Å². The molecule has 2 heterocycles. The fraction of sp³-hybridized carbons (Fsp3) is 0.545. The molecule has 0 aromatic carbocycles. The van der Waals surface area contributed by atoms with E-state index in [4.69, 9.17) is 0 Å². The van der Waals surface area contributed by atoms with Gasteiger partial charge in [0.25, 0.3) is 5.56 Å². The second-order valence-electron chi connectivity index (χ2n) is 4.10. The topological polar surface area (TPSA) is 94.7 Å². The molecule has 0 saturated carbocycles. The predicted octanol–water partition coefficient (Wildman–Crippen LogP) is -0.466. The van der Waals surface area contributed by atoms with Crippen LogP contribution in [0.1, 0.15) is 20.3 Å². The summed E-state index contributed by atoms with van der Waals surface area (Å²) in [6.45, 7) is 4.97. The molecular formula is C11H16N6O2. The van der Waals surface area contributed by atoms with Crippen molar-refractivity contribution in [2.45, 2.75) is 33.4 Å². The summed E-state index contributed by atoms with van der Waals surface area (Å²) in [5.74, 6) is -0.215. The molecule has 0 radical (unpaired) electrons. The Bertz CT molecular complexity index is 644. The van der Waals surface area contributed by atoms with Gasteiger partial charge in [-0.15, -0.1) is 5.10 Å². The quantitative estimate of drug-likeness (QED) is 0.788. The van der Waals surface area contributed by atoms with Crippen LogP contribution < -0.4 is 10.9 Å². The molecule has 8 heteroatoms. The van der Waals surface area contributed by atoms with Crippen LogP contribution in [0, 0.1) is 0 Å². The van der Waals surface area contributed by atoms with E-state index < -0.39 is 0 Å². The summed E-state index contributed by atoms with van der Waals surface area (Å²) in [7, 11) is 0. The van der Waals surface area contributed by atoms with Gasteiger partial charge in [0, 0.05) is 13.1 Å². The highest BCUT2D eigenvalue weighted by Crippen LogP contribution is 2.01. The molecule has 0 bridgehead atoms. The molecule has 19 heavy (non-hydrogen) atoms. The van der Waals surface area contributed by atoms with E-state index in [1.807, 2.05) is 13.8 Å². The van der Waals surface area contributed by atoms with Crippen LogP contribution in [0.5, 0.6) is 0 Å². The van der Waals surface area contributed by atoms with Gasteiger partial charge < -0.3 is 5.32 Å². The van der Waals surface area contributed by atoms with Gasteiger partial charge in [0.05, 0.1) is 0 Å². The summed E-state index contributed by atoms with van der Waals surface area (Å²) < 4.78 is 2.78. The minimum atomic E-state index is -0.351. The van der Waals surface area contributed by atoms with Crippen molar-refractivity contribution < 1.29 is 4.79 Å². The maximum atomic E-state index is 12.1. The molecule has 0 aliphatic rings. The van der Waals surface area contributed by atoms with E-state index in [-0.39, 0.29) is 23.5 Å². The van der Waals surface area contributed by atoms with Crippen LogP contribution >= 0.6 is 0 Å². The third kappa shape index (κ3) is 2.61. The Morgan fingerprint density at radius 2 is 2.21 bits per heavy atom. The zero-order valence-corrected chi connectivity index (χ0v) is 11.0. The monoisotopic (exact) mass is 264 g/mol. The van der Waals surface area contributed by atoms with Crippen LogP contribution in [0.15, 0.2) is 11.1 Å². The van der Waals surface area contributed by atoms with Crippen molar-refractivity contribution >= 4 is 17.1 Å². The van der Waals surface area contributed by atoms with Crippen LogP contribution in [-0.4, -0.2) is 37.0 Å². The van der Waals surface area contributed by atoms with Crippen molar-refractivity contribution in [1.29, 1.82) is 0 Å². The number of amides is 1. The number of hydrogen-bond donors (Lipinski definition) is 1. The predicted molar refractivity (Wildman–Crippen MR) is 68.6 cm³/mol. The van der Waals surface area contributed by atoms with Crippen molar-refractivity contribution in [2.24, 2.45) is 0 Å². The third-order valence-electron chi connectivity index (χ3n) is 2.68. The summed E-state index contributed by atoms with van der Waals surface area (Å²) in [6.07, 6.45) is 2.20. The molecule has 0 aliphatic heterocycles. The molecule has 2 aromatic heterocycles. The van der Waals surface area contributed by atoms with Crippen LogP contribution in [0.3, 0.4) is 0 Å². The molecule has 1 N–H and O–H groups in total. The average molecular weight is 264 g/mol. The first-order chi connectivity index (χ1) is 9.17. The maximum absolute atomic E-state index is 12.1. The number of fused-ring (bicyclic) bond motifs is 1. The van der Waals surface area contributed by atoms with Gasteiger partial charge in [-0.2, -0.15) is 0 Å². The van der Waals surface area contributed by atoms with Gasteiger partial charge in [-0.1, -0.05) is 12.1 Å². The fourth-order valence-electron chi connectivity index (χ4n) is 1.69. The fourth-order valence-corrected chi connectivity index (χ4v) is 1.69. The summed E-state index contributed by atoms with van der Waals surface area (Å²) in [5, 5.41) is 10.3. The summed E-state index contributed by atoms with van der Waals surface area (Å²) in [6, 6.07) is 0. The molecule has 0 atom stereocenters. The molecule has 0 spiro atoms. The number of hydrogen-bond acceptors (Lipinski definition) is 5. The van der Waals surface area contributed by atoms with Crippen molar-refractivity contribution in [2.75, 3.05) is 6.54 Å². The number of nitrogens with zero attached hydrogens (tertiary/aromatic N) is 5. The van der Waals surface area contributed by atoms with Gasteiger partial charge in [-0.3, -0.25) is 14.2 Å². The molecule has 0 fully saturated rings. The van der Waals surface area contributed by atoms with Gasteiger partial charge in [-0.05, 0) is 13.3 Å². The van der Waals surface area contributed by atoms with Crippen LogP contribution in [0.4, 0.5) is 0 Å². The summed E-state index contributed by atoms with van der Waals surface area (Å²) >= 11 is 0. The molecular weight excluding hydrogens is 248 g/mol. The standard InChI is InChI=1S/C11H16N6O2/c1-3-5-12-8(18)6-16-7-13-10-9(11(16)19)14-15-17(10)4-2/h7H,3-6H2,1-2H3,(H,12,18). The third-order valence-corrected chi connectivity index (χ3v) is 2.68. The largest absolute Gasteiger partial charge is 0.355 e. The molecule has 2 aromatic rings. The van der Waals surface area contributed by atoms with Crippen LogP contribution in [-0.2, 0) is 17.9 Å². The van der Waals surface area contributed by atoms with Crippen LogP contribution in [0.25, 0.3) is 11.2 Å². The minimum Gasteiger partial charge on any atom is -0.355 e. The molecule has 2 rings (SSSR count).